The highest BCUT2D eigenvalue weighted by Crippen LogP contribution is 2.56. The Kier molecular flexibility index (Phi) is 5.30. The molecule has 3 nitrogen and oxygen atoms in total. The quantitative estimate of drug-likeness (QED) is 0.204. The van der Waals surface area contributed by atoms with Crippen LogP contribution < -0.4 is 0 Å². The van der Waals surface area contributed by atoms with Gasteiger partial charge in [0.05, 0.1) is 22.1 Å². The van der Waals surface area contributed by atoms with Crippen LogP contribution in [0.25, 0.3) is 71.8 Å². The third kappa shape index (κ3) is 3.52. The van der Waals surface area contributed by atoms with Crippen LogP contribution in [0.15, 0.2) is 127 Å². The van der Waals surface area contributed by atoms with Crippen molar-refractivity contribution in [3.63, 3.8) is 0 Å². The Hall–Kier alpha value is -5.28. The zero-order chi connectivity index (χ0) is 30.5. The lowest BCUT2D eigenvalue weighted by molar-refractivity contribution is 0.301. The molecule has 45 heavy (non-hydrogen) atoms. The zero-order valence-electron chi connectivity index (χ0n) is 26.0. The van der Waals surface area contributed by atoms with Gasteiger partial charge in [-0.2, -0.15) is 0 Å². The van der Waals surface area contributed by atoms with Crippen LogP contribution in [0.1, 0.15) is 38.8 Å². The van der Waals surface area contributed by atoms with Gasteiger partial charge in [0.1, 0.15) is 5.69 Å². The smallest absolute Gasteiger partial charge is 0.165 e. The van der Waals surface area contributed by atoms with Crippen molar-refractivity contribution >= 4 is 43.6 Å². The van der Waals surface area contributed by atoms with Crippen molar-refractivity contribution in [1.29, 1.82) is 0 Å². The van der Waals surface area contributed by atoms with Gasteiger partial charge in [-0.05, 0) is 68.8 Å². The predicted octanol–water partition coefficient (Wildman–Crippen LogP) is 10.8. The molecule has 2 aromatic heterocycles. The van der Waals surface area contributed by atoms with Gasteiger partial charge in [0.25, 0.3) is 0 Å². The first-order valence-electron chi connectivity index (χ1n) is 15.8. The first kappa shape index (κ1) is 26.2. The summed E-state index contributed by atoms with van der Waals surface area (Å²) in [6.07, 6.45) is 0. The van der Waals surface area contributed by atoms with Gasteiger partial charge in [-0.3, -0.25) is 4.57 Å². The van der Waals surface area contributed by atoms with E-state index in [0.717, 1.165) is 39.1 Å². The Bertz CT molecular complexity index is 2480. The number of aromatic nitrogens is 3. The molecule has 0 spiro atoms. The number of benzene rings is 6. The molecule has 0 fully saturated rings. The molecule has 0 atom stereocenters. The lowest BCUT2D eigenvalue weighted by Crippen LogP contribution is -2.43. The molecule has 1 aliphatic rings. The second-order valence-corrected chi connectivity index (χ2v) is 13.5. The molecule has 0 saturated carbocycles. The molecule has 0 amide bonds. The largest absolute Gasteiger partial charge is 0.292 e. The van der Waals surface area contributed by atoms with Gasteiger partial charge in [0.15, 0.2) is 5.82 Å². The number of hydrogen-bond acceptors (Lipinski definition) is 2. The molecule has 8 aromatic rings. The Morgan fingerprint density at radius 2 is 1.18 bits per heavy atom. The molecule has 0 N–H and O–H groups in total. The van der Waals surface area contributed by atoms with Gasteiger partial charge in [0.2, 0.25) is 0 Å². The highest BCUT2D eigenvalue weighted by Gasteiger charge is 2.47. The van der Waals surface area contributed by atoms with Crippen LogP contribution >= 0.6 is 0 Å². The SMILES string of the molecule is CC1(C)c2cc3c(cc2-c2ccc4ccccc4c2C1(C)C)c1ccccc1n3-c1nc2ccccc2nc1-c1ccccc1. The van der Waals surface area contributed by atoms with Crippen molar-refractivity contribution < 1.29 is 0 Å². The molecule has 1 aliphatic carbocycles. The van der Waals surface area contributed by atoms with Crippen molar-refractivity contribution in [3.8, 4) is 28.2 Å². The lowest BCUT2D eigenvalue weighted by Gasteiger charge is -2.49. The summed E-state index contributed by atoms with van der Waals surface area (Å²) < 4.78 is 2.35. The van der Waals surface area contributed by atoms with E-state index in [1.807, 2.05) is 18.2 Å². The van der Waals surface area contributed by atoms with Crippen molar-refractivity contribution in [3.05, 3.63) is 139 Å². The summed E-state index contributed by atoms with van der Waals surface area (Å²) in [5, 5.41) is 5.09. The Labute approximate surface area is 262 Å². The molecule has 0 aliphatic heterocycles. The van der Waals surface area contributed by atoms with Crippen LogP contribution in [-0.2, 0) is 10.8 Å². The average Bonchev–Trinajstić information content (AvgIpc) is 3.39. The maximum Gasteiger partial charge on any atom is 0.165 e. The fourth-order valence-corrected chi connectivity index (χ4v) is 7.74. The topological polar surface area (TPSA) is 30.7 Å². The summed E-state index contributed by atoms with van der Waals surface area (Å²) in [6, 6.07) is 45.8. The van der Waals surface area contributed by atoms with E-state index in [9.17, 15) is 0 Å². The normalized spacial score (nSPS) is 15.0. The zero-order valence-corrected chi connectivity index (χ0v) is 26.0. The molecule has 3 heteroatoms. The standard InChI is InChI=1S/C42H33N3/c1-41(2)33-25-37-32(24-31(33)30-23-22-26-14-8-9-17-28(26)38(30)42(41,3)4)29-18-10-13-21-36(29)45(37)40-39(27-15-6-5-7-16-27)43-34-19-11-12-20-35(34)44-40/h5-25H,1-4H3. The summed E-state index contributed by atoms with van der Waals surface area (Å²) in [5.41, 5.74) is 11.2. The minimum absolute atomic E-state index is 0.112. The first-order chi connectivity index (χ1) is 21.8. The van der Waals surface area contributed by atoms with Crippen molar-refractivity contribution in [1.82, 2.24) is 14.5 Å². The lowest BCUT2D eigenvalue weighted by atomic mass is 9.54. The second-order valence-electron chi connectivity index (χ2n) is 13.5. The molecular weight excluding hydrogens is 546 g/mol. The molecule has 0 saturated heterocycles. The predicted molar refractivity (Wildman–Crippen MR) is 188 cm³/mol. The average molecular weight is 580 g/mol. The van der Waals surface area contributed by atoms with Gasteiger partial charge in [-0.1, -0.05) is 125 Å². The van der Waals surface area contributed by atoms with Gasteiger partial charge in [-0.15, -0.1) is 0 Å². The third-order valence-corrected chi connectivity index (χ3v) is 10.7. The van der Waals surface area contributed by atoms with Gasteiger partial charge >= 0.3 is 0 Å². The summed E-state index contributed by atoms with van der Waals surface area (Å²) in [6.45, 7) is 9.67. The molecule has 0 unspecified atom stereocenters. The first-order valence-corrected chi connectivity index (χ1v) is 15.8. The van der Waals surface area contributed by atoms with Gasteiger partial charge in [0, 0.05) is 21.8 Å². The molecular formula is C42H33N3. The van der Waals surface area contributed by atoms with Crippen LogP contribution in [0.3, 0.4) is 0 Å². The fraction of sp³-hybridized carbons (Fsp3) is 0.143. The van der Waals surface area contributed by atoms with E-state index in [1.165, 1.54) is 43.8 Å². The van der Waals surface area contributed by atoms with Gasteiger partial charge < -0.3 is 0 Å². The van der Waals surface area contributed by atoms with E-state index in [-0.39, 0.29) is 10.8 Å². The Balaban J connectivity index is 1.43. The minimum atomic E-state index is -0.147. The van der Waals surface area contributed by atoms with Crippen LogP contribution in [0, 0.1) is 0 Å². The van der Waals surface area contributed by atoms with E-state index in [0.29, 0.717) is 0 Å². The van der Waals surface area contributed by atoms with Crippen LogP contribution in [0.2, 0.25) is 0 Å². The maximum atomic E-state index is 5.34. The summed E-state index contributed by atoms with van der Waals surface area (Å²) in [4.78, 5) is 10.6. The van der Waals surface area contributed by atoms with Crippen molar-refractivity contribution in [2.75, 3.05) is 0 Å². The minimum Gasteiger partial charge on any atom is -0.292 e. The van der Waals surface area contributed by atoms with E-state index in [2.05, 4.69) is 141 Å². The molecule has 2 heterocycles. The van der Waals surface area contributed by atoms with Crippen molar-refractivity contribution in [2.24, 2.45) is 0 Å². The molecule has 216 valence electrons. The summed E-state index contributed by atoms with van der Waals surface area (Å²) >= 11 is 0. The molecule has 6 aromatic carbocycles. The fourth-order valence-electron chi connectivity index (χ4n) is 7.74. The maximum absolute atomic E-state index is 5.34. The van der Waals surface area contributed by atoms with E-state index in [1.54, 1.807) is 0 Å². The number of fused-ring (bicyclic) bond motifs is 9. The van der Waals surface area contributed by atoms with Gasteiger partial charge in [-0.25, -0.2) is 9.97 Å². The summed E-state index contributed by atoms with van der Waals surface area (Å²) in [7, 11) is 0. The number of nitrogens with zero attached hydrogens (tertiary/aromatic N) is 3. The summed E-state index contributed by atoms with van der Waals surface area (Å²) in [5.74, 6) is 0.852. The van der Waals surface area contributed by atoms with E-state index >= 15 is 0 Å². The third-order valence-electron chi connectivity index (χ3n) is 10.7. The number of para-hydroxylation sites is 3. The van der Waals surface area contributed by atoms with Crippen LogP contribution in [0.5, 0.6) is 0 Å². The molecule has 0 bridgehead atoms. The highest BCUT2D eigenvalue weighted by atomic mass is 15.1. The monoisotopic (exact) mass is 579 g/mol. The Morgan fingerprint density at radius 1 is 0.511 bits per heavy atom. The van der Waals surface area contributed by atoms with E-state index < -0.39 is 0 Å². The number of hydrogen-bond donors (Lipinski definition) is 0. The molecule has 9 rings (SSSR count). The Morgan fingerprint density at radius 3 is 1.98 bits per heavy atom. The highest BCUT2D eigenvalue weighted by molar-refractivity contribution is 6.12. The van der Waals surface area contributed by atoms with E-state index in [4.69, 9.17) is 9.97 Å². The van der Waals surface area contributed by atoms with Crippen molar-refractivity contribution in [2.45, 2.75) is 38.5 Å². The van der Waals surface area contributed by atoms with Crippen LogP contribution in [-0.4, -0.2) is 14.5 Å². The number of rotatable bonds is 2. The van der Waals surface area contributed by atoms with Crippen LogP contribution in [0.4, 0.5) is 0 Å². The second kappa shape index (κ2) is 9.12. The molecule has 0 radical (unpaired) electrons.